The number of aromatic nitrogens is 1. The Bertz CT molecular complexity index is 611. The summed E-state index contributed by atoms with van der Waals surface area (Å²) in [6.45, 7) is 4.08. The molecule has 1 aromatic carbocycles. The molecule has 0 aliphatic heterocycles. The molecule has 0 atom stereocenters. The van der Waals surface area contributed by atoms with Gasteiger partial charge in [-0.15, -0.1) is 11.3 Å². The summed E-state index contributed by atoms with van der Waals surface area (Å²) < 4.78 is 5.46. The van der Waals surface area contributed by atoms with Gasteiger partial charge >= 0.3 is 0 Å². The Kier molecular flexibility index (Phi) is 3.63. The Morgan fingerprint density at radius 2 is 2.17 bits per heavy atom. The number of nitriles is 1. The number of thiazole rings is 1. The first-order valence-electron chi connectivity index (χ1n) is 5.62. The summed E-state index contributed by atoms with van der Waals surface area (Å²) in [6, 6.07) is 6.27. The van der Waals surface area contributed by atoms with Gasteiger partial charge in [0, 0.05) is 5.38 Å². The molecule has 18 heavy (non-hydrogen) atoms. The second-order valence-corrected chi connectivity index (χ2v) is 5.00. The van der Waals surface area contributed by atoms with E-state index in [9.17, 15) is 0 Å². The van der Waals surface area contributed by atoms with Crippen LogP contribution in [0.4, 0.5) is 0 Å². The lowest BCUT2D eigenvalue weighted by Gasteiger charge is -2.10. The van der Waals surface area contributed by atoms with Gasteiger partial charge in [-0.1, -0.05) is 6.07 Å². The molecule has 2 aromatic rings. The number of ether oxygens (including phenoxy) is 1. The van der Waals surface area contributed by atoms with Crippen LogP contribution in [0.5, 0.6) is 5.75 Å². The van der Waals surface area contributed by atoms with Gasteiger partial charge in [0.2, 0.25) is 0 Å². The minimum absolute atomic E-state index is 0.351. The third-order valence-electron chi connectivity index (χ3n) is 2.67. The Morgan fingerprint density at radius 1 is 1.39 bits per heavy atom. The molecule has 0 amide bonds. The smallest absolute Gasteiger partial charge is 0.132 e. The van der Waals surface area contributed by atoms with Crippen molar-refractivity contribution in [2.75, 3.05) is 7.11 Å². The van der Waals surface area contributed by atoms with Gasteiger partial charge in [-0.05, 0) is 31.0 Å². The van der Waals surface area contributed by atoms with Gasteiger partial charge in [0.25, 0.3) is 0 Å². The van der Waals surface area contributed by atoms with E-state index in [1.807, 2.05) is 12.3 Å². The van der Waals surface area contributed by atoms with Gasteiger partial charge in [-0.3, -0.25) is 0 Å². The number of rotatable bonds is 3. The highest BCUT2D eigenvalue weighted by molar-refractivity contribution is 7.13. The van der Waals surface area contributed by atoms with Crippen molar-refractivity contribution in [3.05, 3.63) is 34.3 Å². The third kappa shape index (κ3) is 2.36. The van der Waals surface area contributed by atoms with Crippen LogP contribution in [0.2, 0.25) is 0 Å². The van der Waals surface area contributed by atoms with Crippen LogP contribution >= 0.6 is 11.3 Å². The van der Waals surface area contributed by atoms with Crippen molar-refractivity contribution < 1.29 is 4.74 Å². The summed E-state index contributed by atoms with van der Waals surface area (Å²) >= 11 is 1.55. The maximum Gasteiger partial charge on any atom is 0.132 e. The van der Waals surface area contributed by atoms with E-state index in [1.165, 1.54) is 5.56 Å². The first-order valence-corrected chi connectivity index (χ1v) is 6.50. The Balaban J connectivity index is 2.52. The highest BCUT2D eigenvalue weighted by atomic mass is 32.1. The zero-order valence-corrected chi connectivity index (χ0v) is 11.5. The van der Waals surface area contributed by atoms with Crippen molar-refractivity contribution in [1.82, 2.24) is 4.98 Å². The first-order chi connectivity index (χ1) is 8.65. The molecule has 1 heterocycles. The molecule has 4 heteroatoms. The van der Waals surface area contributed by atoms with Crippen LogP contribution in [-0.4, -0.2) is 12.1 Å². The SMILES string of the molecule is COc1c(C)cc(C)cc1-c1nc(CC#N)cs1. The normalized spacial score (nSPS) is 10.1. The zero-order valence-electron chi connectivity index (χ0n) is 10.7. The Morgan fingerprint density at radius 3 is 2.83 bits per heavy atom. The van der Waals surface area contributed by atoms with Crippen LogP contribution in [-0.2, 0) is 6.42 Å². The van der Waals surface area contributed by atoms with E-state index in [0.29, 0.717) is 6.42 Å². The number of benzene rings is 1. The molecular weight excluding hydrogens is 244 g/mol. The molecule has 0 spiro atoms. The fourth-order valence-electron chi connectivity index (χ4n) is 1.98. The standard InChI is InChI=1S/C14H14N2OS/c1-9-6-10(2)13(17-3)12(7-9)14-16-11(4-5-15)8-18-14/h6-8H,4H2,1-3H3. The van der Waals surface area contributed by atoms with Crippen LogP contribution < -0.4 is 4.74 Å². The molecule has 0 N–H and O–H groups in total. The quantitative estimate of drug-likeness (QED) is 0.846. The van der Waals surface area contributed by atoms with Crippen LogP contribution in [0.25, 0.3) is 10.6 Å². The van der Waals surface area contributed by atoms with Crippen molar-refractivity contribution in [2.24, 2.45) is 0 Å². The maximum absolute atomic E-state index is 8.68. The Labute approximate surface area is 111 Å². The van der Waals surface area contributed by atoms with E-state index in [-0.39, 0.29) is 0 Å². The molecule has 0 unspecified atom stereocenters. The van der Waals surface area contributed by atoms with Crippen molar-refractivity contribution in [3.63, 3.8) is 0 Å². The summed E-state index contributed by atoms with van der Waals surface area (Å²) in [5.41, 5.74) is 4.10. The van der Waals surface area contributed by atoms with Gasteiger partial charge in [0.05, 0.1) is 30.9 Å². The summed E-state index contributed by atoms with van der Waals surface area (Å²) in [5.74, 6) is 0.860. The summed E-state index contributed by atoms with van der Waals surface area (Å²) in [7, 11) is 1.67. The molecule has 0 saturated heterocycles. The molecule has 0 radical (unpaired) electrons. The lowest BCUT2D eigenvalue weighted by molar-refractivity contribution is 0.413. The average Bonchev–Trinajstić information content (AvgIpc) is 2.77. The van der Waals surface area contributed by atoms with E-state index in [1.54, 1.807) is 18.4 Å². The van der Waals surface area contributed by atoms with Gasteiger partial charge in [0.1, 0.15) is 10.8 Å². The first kappa shape index (κ1) is 12.6. The topological polar surface area (TPSA) is 45.9 Å². The van der Waals surface area contributed by atoms with Crippen molar-refractivity contribution in [3.8, 4) is 22.4 Å². The second kappa shape index (κ2) is 5.19. The summed E-state index contributed by atoms with van der Waals surface area (Å²) in [4.78, 5) is 4.48. The van der Waals surface area contributed by atoms with Crippen molar-refractivity contribution in [1.29, 1.82) is 5.26 Å². The largest absolute Gasteiger partial charge is 0.496 e. The van der Waals surface area contributed by atoms with E-state index in [2.05, 4.69) is 30.1 Å². The molecule has 0 saturated carbocycles. The number of methoxy groups -OCH3 is 1. The number of aryl methyl sites for hydroxylation is 2. The second-order valence-electron chi connectivity index (χ2n) is 4.14. The highest BCUT2D eigenvalue weighted by Crippen LogP contribution is 2.35. The van der Waals surface area contributed by atoms with E-state index < -0.39 is 0 Å². The molecule has 0 aliphatic rings. The van der Waals surface area contributed by atoms with Gasteiger partial charge in [-0.25, -0.2) is 4.98 Å². The number of nitrogens with zero attached hydrogens (tertiary/aromatic N) is 2. The monoisotopic (exact) mass is 258 g/mol. The summed E-state index contributed by atoms with van der Waals surface area (Å²) in [6.07, 6.45) is 0.351. The molecule has 3 nitrogen and oxygen atoms in total. The Hall–Kier alpha value is -1.86. The molecule has 2 rings (SSSR count). The highest BCUT2D eigenvalue weighted by Gasteiger charge is 2.13. The minimum atomic E-state index is 0.351. The average molecular weight is 258 g/mol. The molecule has 0 fully saturated rings. The number of hydrogen-bond donors (Lipinski definition) is 0. The lowest BCUT2D eigenvalue weighted by atomic mass is 10.1. The summed E-state index contributed by atoms with van der Waals surface area (Å²) in [5, 5.41) is 11.5. The fraction of sp³-hybridized carbons (Fsp3) is 0.286. The maximum atomic E-state index is 8.68. The van der Waals surface area contributed by atoms with Crippen molar-refractivity contribution in [2.45, 2.75) is 20.3 Å². The van der Waals surface area contributed by atoms with Crippen molar-refractivity contribution >= 4 is 11.3 Å². The minimum Gasteiger partial charge on any atom is -0.496 e. The molecule has 0 aliphatic carbocycles. The third-order valence-corrected chi connectivity index (χ3v) is 3.59. The fourth-order valence-corrected chi connectivity index (χ4v) is 2.81. The van der Waals surface area contributed by atoms with Gasteiger partial charge in [-0.2, -0.15) is 5.26 Å². The van der Waals surface area contributed by atoms with Gasteiger partial charge < -0.3 is 4.74 Å². The lowest BCUT2D eigenvalue weighted by Crippen LogP contribution is -1.93. The van der Waals surface area contributed by atoms with E-state index >= 15 is 0 Å². The van der Waals surface area contributed by atoms with Gasteiger partial charge in [0.15, 0.2) is 0 Å². The molecular formula is C14H14N2OS. The van der Waals surface area contributed by atoms with E-state index in [4.69, 9.17) is 10.00 Å². The predicted octanol–water partition coefficient (Wildman–Crippen LogP) is 3.50. The predicted molar refractivity (Wildman–Crippen MR) is 72.9 cm³/mol. The van der Waals surface area contributed by atoms with Crippen LogP contribution in [0.3, 0.4) is 0 Å². The van der Waals surface area contributed by atoms with Crippen LogP contribution in [0.15, 0.2) is 17.5 Å². The zero-order chi connectivity index (χ0) is 13.1. The van der Waals surface area contributed by atoms with Crippen LogP contribution in [0.1, 0.15) is 16.8 Å². The number of hydrogen-bond acceptors (Lipinski definition) is 4. The van der Waals surface area contributed by atoms with E-state index in [0.717, 1.165) is 27.6 Å². The molecule has 92 valence electrons. The molecule has 0 bridgehead atoms. The molecule has 1 aromatic heterocycles. The van der Waals surface area contributed by atoms with Crippen LogP contribution in [0, 0.1) is 25.2 Å².